The molecule has 0 aliphatic carbocycles. The maximum absolute atomic E-state index is 14.3. The van der Waals surface area contributed by atoms with Gasteiger partial charge in [0.1, 0.15) is 11.2 Å². The van der Waals surface area contributed by atoms with Gasteiger partial charge in [0, 0.05) is 17.6 Å². The summed E-state index contributed by atoms with van der Waals surface area (Å²) in [7, 11) is 1.41. The van der Waals surface area contributed by atoms with Crippen LogP contribution in [-0.4, -0.2) is 28.8 Å². The van der Waals surface area contributed by atoms with E-state index in [0.717, 1.165) is 15.1 Å². The zero-order valence-electron chi connectivity index (χ0n) is 14.4. The number of hydroxylamine groups is 1. The molecule has 0 bridgehead atoms. The molecule has 0 aliphatic rings. The molecule has 3 rings (SSSR count). The van der Waals surface area contributed by atoms with Crippen LogP contribution in [0.3, 0.4) is 0 Å². The van der Waals surface area contributed by atoms with Gasteiger partial charge in [0.05, 0.1) is 23.9 Å². The Kier molecular flexibility index (Phi) is 6.04. The number of aryl methyl sites for hydroxylation is 1. The van der Waals surface area contributed by atoms with Gasteiger partial charge in [-0.15, -0.1) is 0 Å². The van der Waals surface area contributed by atoms with E-state index in [2.05, 4.69) is 26.7 Å². The molecule has 0 aliphatic heterocycles. The molecule has 0 atom stereocenters. The lowest BCUT2D eigenvalue weighted by molar-refractivity contribution is 0.0152. The second-order valence-corrected chi connectivity index (χ2v) is 6.95. The standard InChI is InChI=1S/C17H14BrClFN3O5/c1-23-12(25)7-10(20)15-14(23)13(16(28-15)17(26)22-27-5-4-24)21-11-3-2-8(18)6-9(11)19/h2-3,6-7,21,24H,4-5H2,1H3,(H,22,26). The average molecular weight is 475 g/mol. The van der Waals surface area contributed by atoms with Crippen molar-refractivity contribution in [3.05, 3.63) is 55.7 Å². The minimum atomic E-state index is -0.918. The molecule has 11 heteroatoms. The number of benzene rings is 1. The Bertz CT molecular complexity index is 1110. The maximum atomic E-state index is 14.3. The van der Waals surface area contributed by atoms with E-state index >= 15 is 0 Å². The molecule has 1 amide bonds. The number of aromatic nitrogens is 1. The first-order valence-corrected chi connectivity index (χ1v) is 9.07. The molecule has 148 valence electrons. The van der Waals surface area contributed by atoms with Crippen molar-refractivity contribution >= 4 is 55.9 Å². The number of aliphatic hydroxyl groups is 1. The van der Waals surface area contributed by atoms with E-state index in [-0.39, 0.29) is 35.8 Å². The minimum absolute atomic E-state index is 0.0309. The highest BCUT2D eigenvalue weighted by Gasteiger charge is 2.26. The van der Waals surface area contributed by atoms with Gasteiger partial charge in [0.15, 0.2) is 11.4 Å². The van der Waals surface area contributed by atoms with E-state index < -0.39 is 17.3 Å². The average Bonchev–Trinajstić information content (AvgIpc) is 3.02. The summed E-state index contributed by atoms with van der Waals surface area (Å²) >= 11 is 9.51. The van der Waals surface area contributed by atoms with Crippen LogP contribution < -0.4 is 16.4 Å². The summed E-state index contributed by atoms with van der Waals surface area (Å²) in [5.41, 5.74) is 1.64. The van der Waals surface area contributed by atoms with Gasteiger partial charge in [-0.25, -0.2) is 9.87 Å². The Morgan fingerprint density at radius 3 is 2.86 bits per heavy atom. The molecule has 0 unspecified atom stereocenters. The van der Waals surface area contributed by atoms with Crippen LogP contribution in [-0.2, 0) is 11.9 Å². The SMILES string of the molecule is Cn1c(=O)cc(F)c2oc(C(=O)NOCCO)c(Nc3ccc(Br)cc3Cl)c21. The van der Waals surface area contributed by atoms with Gasteiger partial charge in [-0.3, -0.25) is 14.4 Å². The van der Waals surface area contributed by atoms with Crippen LogP contribution in [0.15, 0.2) is 37.9 Å². The Balaban J connectivity index is 2.17. The van der Waals surface area contributed by atoms with Crippen molar-refractivity contribution in [2.75, 3.05) is 18.5 Å². The van der Waals surface area contributed by atoms with E-state index in [1.54, 1.807) is 18.2 Å². The Labute approximate surface area is 170 Å². The number of carbonyl (C=O) groups excluding carboxylic acids is 1. The number of anilines is 2. The van der Waals surface area contributed by atoms with E-state index in [4.69, 9.17) is 26.0 Å². The number of pyridine rings is 1. The fraction of sp³-hybridized carbons (Fsp3) is 0.176. The number of furan rings is 1. The molecule has 0 spiro atoms. The maximum Gasteiger partial charge on any atom is 0.312 e. The molecule has 0 fully saturated rings. The van der Waals surface area contributed by atoms with Crippen LogP contribution >= 0.6 is 27.5 Å². The smallest absolute Gasteiger partial charge is 0.312 e. The molecule has 3 aromatic rings. The van der Waals surface area contributed by atoms with E-state index in [1.807, 2.05) is 0 Å². The zero-order chi connectivity index (χ0) is 20.4. The number of rotatable bonds is 6. The van der Waals surface area contributed by atoms with Gasteiger partial charge in [-0.05, 0) is 18.2 Å². The number of hydrogen-bond donors (Lipinski definition) is 3. The fourth-order valence-electron chi connectivity index (χ4n) is 2.50. The number of aliphatic hydroxyl groups excluding tert-OH is 1. The molecule has 0 saturated carbocycles. The predicted molar refractivity (Wildman–Crippen MR) is 104 cm³/mol. The number of fused-ring (bicyclic) bond motifs is 1. The second-order valence-electron chi connectivity index (χ2n) is 5.63. The van der Waals surface area contributed by atoms with Gasteiger partial charge in [-0.1, -0.05) is 27.5 Å². The van der Waals surface area contributed by atoms with Crippen molar-refractivity contribution in [3.63, 3.8) is 0 Å². The number of nitrogens with one attached hydrogen (secondary N) is 2. The molecular formula is C17H14BrClFN3O5. The highest BCUT2D eigenvalue weighted by atomic mass is 79.9. The number of carbonyl (C=O) groups is 1. The zero-order valence-corrected chi connectivity index (χ0v) is 16.7. The van der Waals surface area contributed by atoms with Crippen molar-refractivity contribution in [3.8, 4) is 0 Å². The molecule has 1 aromatic carbocycles. The highest BCUT2D eigenvalue weighted by molar-refractivity contribution is 9.10. The number of nitrogens with zero attached hydrogens (tertiary/aromatic N) is 1. The number of amides is 1. The molecule has 0 saturated heterocycles. The van der Waals surface area contributed by atoms with Crippen LogP contribution in [0.5, 0.6) is 0 Å². The van der Waals surface area contributed by atoms with Crippen molar-refractivity contribution in [2.45, 2.75) is 0 Å². The lowest BCUT2D eigenvalue weighted by Gasteiger charge is -2.10. The Morgan fingerprint density at radius 1 is 1.43 bits per heavy atom. The van der Waals surface area contributed by atoms with Gasteiger partial charge in [0.2, 0.25) is 5.76 Å². The van der Waals surface area contributed by atoms with E-state index in [0.29, 0.717) is 10.7 Å². The molecule has 8 nitrogen and oxygen atoms in total. The number of halogens is 3. The lowest BCUT2D eigenvalue weighted by Crippen LogP contribution is -2.25. The lowest BCUT2D eigenvalue weighted by atomic mass is 10.2. The van der Waals surface area contributed by atoms with Gasteiger partial charge < -0.3 is 19.4 Å². The summed E-state index contributed by atoms with van der Waals surface area (Å²) < 4.78 is 21.6. The highest BCUT2D eigenvalue weighted by Crippen LogP contribution is 2.36. The summed E-state index contributed by atoms with van der Waals surface area (Å²) in [6.45, 7) is -0.469. The Hall–Kier alpha value is -2.40. The summed E-state index contributed by atoms with van der Waals surface area (Å²) in [5, 5.41) is 12.0. The van der Waals surface area contributed by atoms with Crippen molar-refractivity contribution in [1.29, 1.82) is 0 Å². The van der Waals surface area contributed by atoms with Crippen molar-refractivity contribution in [1.82, 2.24) is 10.0 Å². The molecular weight excluding hydrogens is 461 g/mol. The third kappa shape index (κ3) is 3.90. The second kappa shape index (κ2) is 8.31. The summed E-state index contributed by atoms with van der Waals surface area (Å²) in [6, 6.07) is 5.72. The van der Waals surface area contributed by atoms with Gasteiger partial charge in [-0.2, -0.15) is 0 Å². The first kappa shape index (κ1) is 20.3. The summed E-state index contributed by atoms with van der Waals surface area (Å²) in [6.07, 6.45) is 0. The number of hydrogen-bond acceptors (Lipinski definition) is 6. The van der Waals surface area contributed by atoms with Gasteiger partial charge >= 0.3 is 5.91 Å². The van der Waals surface area contributed by atoms with E-state index in [1.165, 1.54) is 7.05 Å². The van der Waals surface area contributed by atoms with Crippen LogP contribution in [0.2, 0.25) is 5.02 Å². The largest absolute Gasteiger partial charge is 0.444 e. The van der Waals surface area contributed by atoms with Crippen LogP contribution in [0.25, 0.3) is 11.1 Å². The quantitative estimate of drug-likeness (QED) is 0.375. The third-order valence-corrected chi connectivity index (χ3v) is 4.58. The molecule has 3 N–H and O–H groups in total. The first-order valence-electron chi connectivity index (χ1n) is 7.90. The first-order chi connectivity index (χ1) is 13.3. The topological polar surface area (TPSA) is 106 Å². The molecule has 28 heavy (non-hydrogen) atoms. The Morgan fingerprint density at radius 2 is 2.18 bits per heavy atom. The van der Waals surface area contributed by atoms with Crippen LogP contribution in [0.1, 0.15) is 10.6 Å². The monoisotopic (exact) mass is 473 g/mol. The normalized spacial score (nSPS) is 11.0. The van der Waals surface area contributed by atoms with Crippen molar-refractivity contribution < 1.29 is 23.5 Å². The summed E-state index contributed by atoms with van der Waals surface area (Å²) in [4.78, 5) is 29.3. The van der Waals surface area contributed by atoms with Crippen LogP contribution in [0.4, 0.5) is 15.8 Å². The molecule has 2 aromatic heterocycles. The minimum Gasteiger partial charge on any atom is -0.444 e. The molecule has 0 radical (unpaired) electrons. The predicted octanol–water partition coefficient (Wildman–Crippen LogP) is 3.08. The fourth-order valence-corrected chi connectivity index (χ4v) is 3.22. The summed E-state index contributed by atoms with van der Waals surface area (Å²) in [5.74, 6) is -2.09. The van der Waals surface area contributed by atoms with Crippen molar-refractivity contribution in [2.24, 2.45) is 7.05 Å². The molecule has 2 heterocycles. The van der Waals surface area contributed by atoms with Crippen LogP contribution in [0, 0.1) is 5.82 Å². The van der Waals surface area contributed by atoms with Gasteiger partial charge in [0.25, 0.3) is 5.56 Å². The van der Waals surface area contributed by atoms with E-state index in [9.17, 15) is 14.0 Å². The third-order valence-electron chi connectivity index (χ3n) is 3.77.